The lowest BCUT2D eigenvalue weighted by molar-refractivity contribution is -0.0833. The summed E-state index contributed by atoms with van der Waals surface area (Å²) in [6.45, 7) is -5.17. The van der Waals surface area contributed by atoms with Crippen molar-refractivity contribution in [3.63, 3.8) is 0 Å². The van der Waals surface area contributed by atoms with Crippen LogP contribution in [0.3, 0.4) is 0 Å². The molecule has 22 heteroatoms. The number of alkyl halides is 1. The van der Waals surface area contributed by atoms with E-state index in [2.05, 4.69) is 23.2 Å². The van der Waals surface area contributed by atoms with Gasteiger partial charge in [-0.2, -0.15) is 23.4 Å². The number of aliphatic hydroxyl groups excluding tert-OH is 1. The van der Waals surface area contributed by atoms with Crippen LogP contribution in [0.4, 0.5) is 10.2 Å². The van der Waals surface area contributed by atoms with E-state index in [-0.39, 0.29) is 4.68 Å². The molecule has 1 aromatic heterocycles. The maximum Gasteiger partial charge on any atom is 0.490 e. The van der Waals surface area contributed by atoms with Gasteiger partial charge >= 0.3 is 29.2 Å². The van der Waals surface area contributed by atoms with Crippen LogP contribution in [-0.4, -0.2) is 75.6 Å². The molecule has 2 heterocycles. The highest BCUT2D eigenvalue weighted by Gasteiger charge is 2.57. The van der Waals surface area contributed by atoms with Crippen LogP contribution in [0.5, 0.6) is 0 Å². The fourth-order valence-electron chi connectivity index (χ4n) is 2.28. The van der Waals surface area contributed by atoms with E-state index in [9.17, 15) is 42.9 Å². The molecule has 2 rings (SSSR count). The van der Waals surface area contributed by atoms with Crippen LogP contribution in [0.25, 0.3) is 0 Å². The minimum atomic E-state index is -6.11. The minimum Gasteiger partial charge on any atom is -0.386 e. The molecule has 1 saturated heterocycles. The van der Waals surface area contributed by atoms with Crippen LogP contribution in [0, 0.1) is 11.8 Å². The predicted molar refractivity (Wildman–Crippen MR) is 99.1 cm³/mol. The van der Waals surface area contributed by atoms with Crippen LogP contribution in [0.15, 0.2) is 11.0 Å². The van der Waals surface area contributed by atoms with Gasteiger partial charge in [-0.05, 0) is 0 Å². The first kappa shape index (κ1) is 24.5. The zero-order chi connectivity index (χ0) is 27.0. The second-order valence-electron chi connectivity index (χ2n) is 5.82. The average Bonchev–Trinajstić information content (AvgIpc) is 2.88. The number of nitrogens with two attached hydrogens (primary N) is 1. The Balaban J connectivity index is 2.43. The summed E-state index contributed by atoms with van der Waals surface area (Å²) in [4.78, 5) is 51.2. The van der Waals surface area contributed by atoms with Crippen molar-refractivity contribution in [2.24, 2.45) is 0 Å². The van der Waals surface area contributed by atoms with Crippen molar-refractivity contribution < 1.29 is 68.5 Å². The average molecular weight is 542 g/mol. The first-order chi connectivity index (χ1) is 15.7. The highest BCUT2D eigenvalue weighted by molar-refractivity contribution is 7.66. The molecule has 1 aliphatic rings. The third-order valence-electron chi connectivity index (χ3n) is 3.40. The molecule has 0 saturated carbocycles. The van der Waals surface area contributed by atoms with Crippen molar-refractivity contribution in [1.82, 2.24) is 14.8 Å². The summed E-state index contributed by atoms with van der Waals surface area (Å²) in [5.74, 6) is 3.11. The summed E-state index contributed by atoms with van der Waals surface area (Å²) < 4.78 is 78.5. The molecule has 186 valence electrons. The number of nitrogen functional groups attached to an aromatic ring is 1. The second kappa shape index (κ2) is 9.94. The van der Waals surface area contributed by atoms with E-state index < -0.39 is 72.2 Å². The van der Waals surface area contributed by atoms with Crippen LogP contribution in [0.1, 0.15) is 8.97 Å². The number of hydrogen-bond donors (Lipinski definition) is 7. The Morgan fingerprint density at radius 3 is 2.48 bits per heavy atom. The number of phosphoric ester groups is 1. The number of anilines is 1. The lowest BCUT2D eigenvalue weighted by atomic mass is 9.95. The van der Waals surface area contributed by atoms with Gasteiger partial charge in [0, 0.05) is 0 Å². The Labute approximate surface area is 185 Å². The molecule has 0 amide bonds. The van der Waals surface area contributed by atoms with E-state index in [0.717, 1.165) is 6.20 Å². The van der Waals surface area contributed by atoms with Crippen LogP contribution in [-0.2, 0) is 31.6 Å². The Hall–Kier alpha value is -1.61. The molecule has 6 atom stereocenters. The van der Waals surface area contributed by atoms with E-state index >= 15 is 0 Å². The maximum atomic E-state index is 12.6. The second-order valence-corrected chi connectivity index (χ2v) is 10.2. The smallest absolute Gasteiger partial charge is 0.386 e. The van der Waals surface area contributed by atoms with Crippen molar-refractivity contribution >= 4 is 29.3 Å². The monoisotopic (exact) mass is 542 g/mol. The molecule has 0 spiro atoms. The van der Waals surface area contributed by atoms with Gasteiger partial charge in [0.25, 0.3) is 0 Å². The van der Waals surface area contributed by atoms with E-state index in [4.69, 9.17) is 23.0 Å². The van der Waals surface area contributed by atoms with Crippen molar-refractivity contribution in [1.29, 1.82) is 0 Å². The van der Waals surface area contributed by atoms with Gasteiger partial charge in [-0.15, -0.1) is 0 Å². The summed E-state index contributed by atoms with van der Waals surface area (Å²) in [7, 11) is -17.9. The largest absolute Gasteiger partial charge is 0.490 e. The minimum absolute atomic E-state index is 0.216. The lowest BCUT2D eigenvalue weighted by Crippen LogP contribution is -2.48. The molecule has 0 aromatic carbocycles. The van der Waals surface area contributed by atoms with Gasteiger partial charge in [0.15, 0.2) is 6.23 Å². The number of aromatic nitrogens is 3. The van der Waals surface area contributed by atoms with E-state index in [0.29, 0.717) is 0 Å². The molecule has 1 aliphatic heterocycles. The van der Waals surface area contributed by atoms with Crippen LogP contribution in [0.2, 0.25) is 0 Å². The summed E-state index contributed by atoms with van der Waals surface area (Å²) in [6.07, 6.45) is -6.65. The molecule has 3 unspecified atom stereocenters. The van der Waals surface area contributed by atoms with Gasteiger partial charge in [0.2, 0.25) is 5.60 Å². The highest BCUT2D eigenvalue weighted by Crippen LogP contribution is 2.66. The summed E-state index contributed by atoms with van der Waals surface area (Å²) in [6, 6.07) is 0. The van der Waals surface area contributed by atoms with Crippen LogP contribution >= 0.6 is 23.5 Å². The summed E-state index contributed by atoms with van der Waals surface area (Å²) in [5.41, 5.74) is 0.932. The molecule has 0 aliphatic carbocycles. The third kappa shape index (κ3) is 7.18. The molecule has 8 N–H and O–H groups in total. The third-order valence-corrected chi connectivity index (χ3v) is 7.07. The van der Waals surface area contributed by atoms with Gasteiger partial charge in [0.05, 0.1) is 15.5 Å². The molecule has 1 aromatic rings. The van der Waals surface area contributed by atoms with Crippen molar-refractivity contribution in [2.45, 2.75) is 24.0 Å². The molecule has 18 nitrogen and oxygen atoms in total. The van der Waals surface area contributed by atoms with Crippen molar-refractivity contribution in [3.05, 3.63) is 16.7 Å². The predicted octanol–water partition coefficient (Wildman–Crippen LogP) is -2.47. The Kier molecular flexibility index (Phi) is 7.38. The lowest BCUT2D eigenvalue weighted by Gasteiger charge is -2.25. The number of nitrogens with zero attached hydrogens (tertiary/aromatic N) is 3. The quantitative estimate of drug-likeness (QED) is 0.132. The van der Waals surface area contributed by atoms with E-state index in [1.54, 1.807) is 11.8 Å². The number of halogens is 1. The van der Waals surface area contributed by atoms with Gasteiger partial charge in [-0.25, -0.2) is 22.9 Å². The normalized spacial score (nSPS) is 30.3. The van der Waals surface area contributed by atoms with E-state index in [1.165, 1.54) is 0 Å². The standard InChI is InChI=1S/C11H16FN4O14P3/c12-3-1-2-11(19)8(17)6(28-9(11)16-10(18)15-7(13)4-14-16)5-27-32(23,24)30-33(25,26)29-31(20,21)22/h4,6,8-9,17,19H,3,5H2,(H,23,24)(H,25,26)(H2,13,15,18)(H2,20,21,22)/t6-,8+,9-,11?/m1/s1/i5D2. The number of rotatable bonds is 8. The van der Waals surface area contributed by atoms with Gasteiger partial charge in [-0.3, -0.25) is 4.52 Å². The number of phosphoric acid groups is 3. The fraction of sp³-hybridized carbons (Fsp3) is 0.545. The van der Waals surface area contributed by atoms with Crippen molar-refractivity contribution in [3.8, 4) is 11.8 Å². The molecule has 1 fully saturated rings. The molecular weight excluding hydrogens is 524 g/mol. The number of ether oxygens (including phenoxy) is 1. The first-order valence-electron chi connectivity index (χ1n) is 8.91. The topological polar surface area (TPSA) is 283 Å². The summed E-state index contributed by atoms with van der Waals surface area (Å²) in [5, 5.41) is 24.7. The van der Waals surface area contributed by atoms with Crippen molar-refractivity contribution in [2.75, 3.05) is 19.0 Å². The zero-order valence-electron chi connectivity index (χ0n) is 17.6. The van der Waals surface area contributed by atoms with Crippen LogP contribution < -0.4 is 11.4 Å². The first-order valence-corrected chi connectivity index (χ1v) is 12.4. The molecular formula is C11H16FN4O14P3. The molecule has 0 radical (unpaired) electrons. The highest BCUT2D eigenvalue weighted by atomic mass is 31.3. The van der Waals surface area contributed by atoms with Gasteiger partial charge in [-0.1, -0.05) is 11.8 Å². The zero-order valence-corrected chi connectivity index (χ0v) is 18.3. The van der Waals surface area contributed by atoms with Gasteiger partial charge in [0.1, 0.15) is 24.7 Å². The maximum absolute atomic E-state index is 12.6. The number of aliphatic hydroxyl groups is 2. The molecule has 0 bridgehead atoms. The summed E-state index contributed by atoms with van der Waals surface area (Å²) >= 11 is 0. The van der Waals surface area contributed by atoms with Gasteiger partial charge < -0.3 is 40.3 Å². The number of hydrogen-bond acceptors (Lipinski definition) is 13. The fourth-order valence-corrected chi connectivity index (χ4v) is 5.15. The Morgan fingerprint density at radius 1 is 1.30 bits per heavy atom. The Bertz CT molecular complexity index is 1230. The SMILES string of the molecule is [2H]C([2H])(OP(=O)(O)OP(=O)(O)OP(=O)(O)O)[C@H]1O[C@@H](n2ncc(N)nc2=O)C(O)(C#CCF)[C@H]1O. The Morgan fingerprint density at radius 2 is 1.94 bits per heavy atom. The van der Waals surface area contributed by atoms with E-state index in [1.807, 2.05) is 0 Å². The molecule has 33 heavy (non-hydrogen) atoms.